The smallest absolute Gasteiger partial charge is 0.126 e. The van der Waals surface area contributed by atoms with Crippen LogP contribution in [0.1, 0.15) is 88.7 Å². The van der Waals surface area contributed by atoms with Crippen LogP contribution < -0.4 is 0 Å². The van der Waals surface area contributed by atoms with E-state index >= 15 is 0 Å². The van der Waals surface area contributed by atoms with Crippen molar-refractivity contribution in [3.05, 3.63) is 70.6 Å². The fraction of sp³-hybridized carbons (Fsp3) is 0.538. The fourth-order valence-electron chi connectivity index (χ4n) is 4.64. The Balaban J connectivity index is 1.56. The van der Waals surface area contributed by atoms with Crippen LogP contribution >= 0.6 is 0 Å². The monoisotopic (exact) mass is 366 g/mol. The molecular formula is C26H35F. The molecule has 0 atom stereocenters. The molecule has 27 heavy (non-hydrogen) atoms. The highest BCUT2D eigenvalue weighted by atomic mass is 19.1. The van der Waals surface area contributed by atoms with Gasteiger partial charge in [-0.25, -0.2) is 4.39 Å². The second-order valence-corrected chi connectivity index (χ2v) is 8.41. The van der Waals surface area contributed by atoms with Gasteiger partial charge in [-0.2, -0.15) is 0 Å². The lowest BCUT2D eigenvalue weighted by Gasteiger charge is -2.28. The van der Waals surface area contributed by atoms with E-state index in [4.69, 9.17) is 0 Å². The Morgan fingerprint density at radius 3 is 2.48 bits per heavy atom. The van der Waals surface area contributed by atoms with Crippen molar-refractivity contribution in [1.29, 1.82) is 0 Å². The summed E-state index contributed by atoms with van der Waals surface area (Å²) in [5.74, 6) is 1.43. The van der Waals surface area contributed by atoms with Gasteiger partial charge in [0.1, 0.15) is 5.82 Å². The normalized spacial score (nSPS) is 24.3. The van der Waals surface area contributed by atoms with Crippen molar-refractivity contribution in [2.45, 2.75) is 84.0 Å². The highest BCUT2D eigenvalue weighted by molar-refractivity contribution is 5.37. The fourth-order valence-corrected chi connectivity index (χ4v) is 4.64. The molecule has 3 rings (SSSR count). The summed E-state index contributed by atoms with van der Waals surface area (Å²) in [4.78, 5) is 0. The molecule has 0 saturated heterocycles. The quantitative estimate of drug-likeness (QED) is 0.458. The second kappa shape index (κ2) is 10.1. The van der Waals surface area contributed by atoms with Gasteiger partial charge >= 0.3 is 0 Å². The summed E-state index contributed by atoms with van der Waals surface area (Å²) in [7, 11) is 0. The molecule has 1 aromatic rings. The van der Waals surface area contributed by atoms with Gasteiger partial charge in [-0.1, -0.05) is 75.1 Å². The van der Waals surface area contributed by atoms with Crippen molar-refractivity contribution in [3.63, 3.8) is 0 Å². The number of rotatable bonds is 7. The van der Waals surface area contributed by atoms with Crippen molar-refractivity contribution in [1.82, 2.24) is 0 Å². The summed E-state index contributed by atoms with van der Waals surface area (Å²) >= 11 is 0. The van der Waals surface area contributed by atoms with Crippen LogP contribution in [-0.4, -0.2) is 0 Å². The molecule has 1 fully saturated rings. The third-order valence-electron chi connectivity index (χ3n) is 6.33. The number of halogens is 1. The SMILES string of the molecule is CCCC1=CC/C(=C\Cc2ccc(C3CCC(CCC)CC3)cc2F)C=C1. The molecule has 0 amide bonds. The Kier molecular flexibility index (Phi) is 7.50. The Bertz CT molecular complexity index is 699. The van der Waals surface area contributed by atoms with Crippen LogP contribution in [0.2, 0.25) is 0 Å². The summed E-state index contributed by atoms with van der Waals surface area (Å²) < 4.78 is 14.7. The molecule has 0 unspecified atom stereocenters. The molecule has 2 aliphatic rings. The van der Waals surface area contributed by atoms with E-state index in [-0.39, 0.29) is 5.82 Å². The largest absolute Gasteiger partial charge is 0.207 e. The van der Waals surface area contributed by atoms with E-state index in [0.717, 1.165) is 24.3 Å². The van der Waals surface area contributed by atoms with Crippen molar-refractivity contribution in [2.75, 3.05) is 0 Å². The minimum Gasteiger partial charge on any atom is -0.207 e. The molecule has 0 aromatic heterocycles. The number of hydrogen-bond donors (Lipinski definition) is 0. The van der Waals surface area contributed by atoms with Gasteiger partial charge in [-0.3, -0.25) is 0 Å². The molecule has 146 valence electrons. The molecule has 0 bridgehead atoms. The molecule has 0 aliphatic heterocycles. The number of hydrogen-bond acceptors (Lipinski definition) is 0. The van der Waals surface area contributed by atoms with E-state index in [1.54, 1.807) is 0 Å². The van der Waals surface area contributed by atoms with E-state index in [0.29, 0.717) is 12.3 Å². The van der Waals surface area contributed by atoms with Gasteiger partial charge in [0, 0.05) is 0 Å². The first-order valence-electron chi connectivity index (χ1n) is 11.0. The predicted molar refractivity (Wildman–Crippen MR) is 115 cm³/mol. The van der Waals surface area contributed by atoms with Gasteiger partial charge in [0.05, 0.1) is 0 Å². The van der Waals surface area contributed by atoms with E-state index in [1.807, 2.05) is 12.1 Å². The van der Waals surface area contributed by atoms with E-state index < -0.39 is 0 Å². The van der Waals surface area contributed by atoms with Crippen molar-refractivity contribution >= 4 is 0 Å². The molecule has 0 heterocycles. The first-order chi connectivity index (χ1) is 13.2. The molecule has 0 radical (unpaired) electrons. The van der Waals surface area contributed by atoms with Crippen LogP contribution in [0.5, 0.6) is 0 Å². The van der Waals surface area contributed by atoms with E-state index in [1.165, 1.54) is 61.7 Å². The third kappa shape index (κ3) is 5.67. The van der Waals surface area contributed by atoms with Crippen LogP contribution in [0.15, 0.2) is 53.6 Å². The van der Waals surface area contributed by atoms with Crippen LogP contribution in [-0.2, 0) is 6.42 Å². The molecule has 1 aromatic carbocycles. The lowest BCUT2D eigenvalue weighted by Crippen LogP contribution is -2.13. The minimum absolute atomic E-state index is 0.0259. The molecule has 2 aliphatic carbocycles. The molecule has 1 saturated carbocycles. The van der Waals surface area contributed by atoms with Crippen molar-refractivity contribution in [2.24, 2.45) is 5.92 Å². The number of benzene rings is 1. The first-order valence-corrected chi connectivity index (χ1v) is 11.0. The minimum atomic E-state index is -0.0259. The molecule has 0 spiro atoms. The van der Waals surface area contributed by atoms with Crippen LogP contribution in [0.25, 0.3) is 0 Å². The van der Waals surface area contributed by atoms with Gasteiger partial charge in [0.2, 0.25) is 0 Å². The van der Waals surface area contributed by atoms with Gasteiger partial charge in [0.15, 0.2) is 0 Å². The Morgan fingerprint density at radius 2 is 1.85 bits per heavy atom. The maximum Gasteiger partial charge on any atom is 0.126 e. The average Bonchev–Trinajstić information content (AvgIpc) is 2.69. The molecular weight excluding hydrogens is 331 g/mol. The topological polar surface area (TPSA) is 0 Å². The standard InChI is InChI=1S/C26H35F/c1-3-5-20-7-9-22(10-8-20)13-16-24-17-18-25(19-26(24)27)23-14-11-21(6-4-2)12-15-23/h7-9,13,17-19,21,23H,3-6,10-12,14-16H2,1-2H3/b22-13-. The maximum atomic E-state index is 14.7. The first kappa shape index (κ1) is 20.1. The Morgan fingerprint density at radius 1 is 1.04 bits per heavy atom. The van der Waals surface area contributed by atoms with E-state index in [9.17, 15) is 4.39 Å². The zero-order valence-corrected chi connectivity index (χ0v) is 17.1. The van der Waals surface area contributed by atoms with Gasteiger partial charge in [-0.15, -0.1) is 0 Å². The zero-order valence-electron chi connectivity index (χ0n) is 17.1. The van der Waals surface area contributed by atoms with Gasteiger partial charge in [-0.05, 0) is 79.5 Å². The number of allylic oxidation sites excluding steroid dienone is 6. The highest BCUT2D eigenvalue weighted by Crippen LogP contribution is 2.37. The Hall–Kier alpha value is -1.63. The van der Waals surface area contributed by atoms with Crippen molar-refractivity contribution < 1.29 is 4.39 Å². The van der Waals surface area contributed by atoms with Crippen molar-refractivity contribution in [3.8, 4) is 0 Å². The second-order valence-electron chi connectivity index (χ2n) is 8.41. The molecule has 1 heteroatoms. The summed E-state index contributed by atoms with van der Waals surface area (Å²) in [5.41, 5.74) is 4.76. The maximum absolute atomic E-state index is 14.7. The average molecular weight is 367 g/mol. The van der Waals surface area contributed by atoms with Crippen LogP contribution in [0.3, 0.4) is 0 Å². The van der Waals surface area contributed by atoms with Gasteiger partial charge < -0.3 is 0 Å². The highest BCUT2D eigenvalue weighted by Gasteiger charge is 2.22. The zero-order chi connectivity index (χ0) is 19.1. The van der Waals surface area contributed by atoms with Crippen LogP contribution in [0.4, 0.5) is 4.39 Å². The summed E-state index contributed by atoms with van der Waals surface area (Å²) in [6, 6.07) is 6.01. The summed E-state index contributed by atoms with van der Waals surface area (Å²) in [6.45, 7) is 4.49. The van der Waals surface area contributed by atoms with Crippen LogP contribution in [0, 0.1) is 11.7 Å². The Labute approximate surface area is 165 Å². The predicted octanol–water partition coefficient (Wildman–Crippen LogP) is 8.05. The summed E-state index contributed by atoms with van der Waals surface area (Å²) in [6.07, 6.45) is 20.6. The molecule has 0 nitrogen and oxygen atoms in total. The third-order valence-corrected chi connectivity index (χ3v) is 6.33. The summed E-state index contributed by atoms with van der Waals surface area (Å²) in [5, 5.41) is 0. The lowest BCUT2D eigenvalue weighted by atomic mass is 9.77. The van der Waals surface area contributed by atoms with Gasteiger partial charge in [0.25, 0.3) is 0 Å². The van der Waals surface area contributed by atoms with E-state index in [2.05, 4.69) is 44.2 Å². The lowest BCUT2D eigenvalue weighted by molar-refractivity contribution is 0.308. The molecule has 0 N–H and O–H groups in total.